The Balaban J connectivity index is 1.98. The van der Waals surface area contributed by atoms with Gasteiger partial charge in [0.2, 0.25) is 0 Å². The SMILES string of the molecule is CCSc1cccc(OCCN2CCCCC2)c1C(N)=S. The van der Waals surface area contributed by atoms with Gasteiger partial charge in [-0.25, -0.2) is 0 Å². The van der Waals surface area contributed by atoms with Crippen molar-refractivity contribution >= 4 is 29.0 Å². The molecule has 2 rings (SSSR count). The Morgan fingerprint density at radius 2 is 2.10 bits per heavy atom. The fourth-order valence-electron chi connectivity index (χ4n) is 2.62. The van der Waals surface area contributed by atoms with E-state index in [4.69, 9.17) is 22.7 Å². The number of nitrogens with two attached hydrogens (primary N) is 1. The third kappa shape index (κ3) is 4.87. The molecule has 1 heterocycles. The maximum Gasteiger partial charge on any atom is 0.130 e. The number of hydrogen-bond acceptors (Lipinski definition) is 4. The second kappa shape index (κ2) is 8.61. The van der Waals surface area contributed by atoms with Crippen molar-refractivity contribution in [2.75, 3.05) is 32.0 Å². The Kier molecular flexibility index (Phi) is 6.80. The van der Waals surface area contributed by atoms with Crippen LogP contribution in [0.3, 0.4) is 0 Å². The van der Waals surface area contributed by atoms with Crippen LogP contribution in [0.2, 0.25) is 0 Å². The van der Waals surface area contributed by atoms with E-state index in [1.807, 2.05) is 12.1 Å². The van der Waals surface area contributed by atoms with E-state index in [2.05, 4.69) is 17.9 Å². The molecule has 1 aromatic carbocycles. The Morgan fingerprint density at radius 3 is 2.76 bits per heavy atom. The minimum atomic E-state index is 0.416. The van der Waals surface area contributed by atoms with Gasteiger partial charge in [0.15, 0.2) is 0 Å². The first kappa shape index (κ1) is 16.6. The van der Waals surface area contributed by atoms with Crippen LogP contribution in [0.1, 0.15) is 31.7 Å². The van der Waals surface area contributed by atoms with E-state index in [9.17, 15) is 0 Å². The largest absolute Gasteiger partial charge is 0.491 e. The van der Waals surface area contributed by atoms with Gasteiger partial charge in [0.25, 0.3) is 0 Å². The predicted molar refractivity (Wildman–Crippen MR) is 94.5 cm³/mol. The number of thioether (sulfide) groups is 1. The summed E-state index contributed by atoms with van der Waals surface area (Å²) >= 11 is 6.95. The molecule has 0 atom stereocenters. The van der Waals surface area contributed by atoms with E-state index in [1.165, 1.54) is 32.4 Å². The van der Waals surface area contributed by atoms with Crippen molar-refractivity contribution in [3.8, 4) is 5.75 Å². The van der Waals surface area contributed by atoms with E-state index in [-0.39, 0.29) is 0 Å². The van der Waals surface area contributed by atoms with Crippen LogP contribution >= 0.6 is 24.0 Å². The number of likely N-dealkylation sites (tertiary alicyclic amines) is 1. The average molecular weight is 325 g/mol. The fraction of sp³-hybridized carbons (Fsp3) is 0.562. The number of ether oxygens (including phenoxy) is 1. The molecular formula is C16H24N2OS2. The van der Waals surface area contributed by atoms with Crippen LogP contribution in [0.5, 0.6) is 5.75 Å². The van der Waals surface area contributed by atoms with E-state index in [0.29, 0.717) is 11.6 Å². The molecule has 0 radical (unpaired) electrons. The fourth-order valence-corrected chi connectivity index (χ4v) is 3.73. The zero-order valence-electron chi connectivity index (χ0n) is 12.6. The van der Waals surface area contributed by atoms with Gasteiger partial charge in [-0.15, -0.1) is 11.8 Å². The summed E-state index contributed by atoms with van der Waals surface area (Å²) in [5.41, 5.74) is 6.77. The lowest BCUT2D eigenvalue weighted by atomic mass is 10.1. The molecule has 0 spiro atoms. The van der Waals surface area contributed by atoms with Crippen molar-refractivity contribution in [2.45, 2.75) is 31.1 Å². The molecule has 0 unspecified atom stereocenters. The standard InChI is InChI=1S/C16H24N2OS2/c1-2-21-14-8-6-7-13(15(14)16(17)20)19-12-11-18-9-4-3-5-10-18/h6-8H,2-5,9-12H2,1H3,(H2,17,20). The minimum Gasteiger partial charge on any atom is -0.491 e. The number of piperidine rings is 1. The smallest absolute Gasteiger partial charge is 0.130 e. The first-order chi connectivity index (χ1) is 10.2. The van der Waals surface area contributed by atoms with Gasteiger partial charge in [0, 0.05) is 11.4 Å². The summed E-state index contributed by atoms with van der Waals surface area (Å²) in [4.78, 5) is 3.99. The summed E-state index contributed by atoms with van der Waals surface area (Å²) in [6, 6.07) is 6.03. The van der Waals surface area contributed by atoms with Crippen molar-refractivity contribution in [1.29, 1.82) is 0 Å². The van der Waals surface area contributed by atoms with Gasteiger partial charge >= 0.3 is 0 Å². The van der Waals surface area contributed by atoms with Crippen molar-refractivity contribution in [3.05, 3.63) is 23.8 Å². The highest BCUT2D eigenvalue weighted by Crippen LogP contribution is 2.30. The van der Waals surface area contributed by atoms with Crippen LogP contribution in [0.15, 0.2) is 23.1 Å². The third-order valence-corrected chi connectivity index (χ3v) is 4.79. The molecular weight excluding hydrogens is 300 g/mol. The van der Waals surface area contributed by atoms with Crippen LogP contribution in [-0.2, 0) is 0 Å². The Bertz CT molecular complexity index is 473. The van der Waals surface area contributed by atoms with Gasteiger partial charge in [-0.2, -0.15) is 0 Å². The molecule has 0 aromatic heterocycles. The Morgan fingerprint density at radius 1 is 1.33 bits per heavy atom. The molecule has 1 aliphatic rings. The summed E-state index contributed by atoms with van der Waals surface area (Å²) in [7, 11) is 0. The van der Waals surface area contributed by atoms with Gasteiger partial charge < -0.3 is 10.5 Å². The summed E-state index contributed by atoms with van der Waals surface area (Å²) in [5.74, 6) is 1.81. The molecule has 1 aliphatic heterocycles. The topological polar surface area (TPSA) is 38.5 Å². The van der Waals surface area contributed by atoms with Crippen LogP contribution in [-0.4, -0.2) is 41.9 Å². The van der Waals surface area contributed by atoms with Crippen molar-refractivity contribution in [3.63, 3.8) is 0 Å². The molecule has 116 valence electrons. The third-order valence-electron chi connectivity index (χ3n) is 3.65. The predicted octanol–water partition coefficient (Wildman–Crippen LogP) is 3.30. The highest BCUT2D eigenvalue weighted by molar-refractivity contribution is 7.99. The van der Waals surface area contributed by atoms with E-state index < -0.39 is 0 Å². The van der Waals surface area contributed by atoms with E-state index >= 15 is 0 Å². The van der Waals surface area contributed by atoms with Crippen molar-refractivity contribution < 1.29 is 4.74 Å². The normalized spacial score (nSPS) is 15.9. The van der Waals surface area contributed by atoms with E-state index in [1.54, 1.807) is 11.8 Å². The molecule has 21 heavy (non-hydrogen) atoms. The quantitative estimate of drug-likeness (QED) is 0.615. The van der Waals surface area contributed by atoms with Crippen LogP contribution in [0.4, 0.5) is 0 Å². The van der Waals surface area contributed by atoms with Gasteiger partial charge in [-0.3, -0.25) is 4.90 Å². The zero-order chi connectivity index (χ0) is 15.1. The van der Waals surface area contributed by atoms with Crippen LogP contribution < -0.4 is 10.5 Å². The molecule has 1 saturated heterocycles. The Labute approximate surface area is 137 Å². The second-order valence-electron chi connectivity index (χ2n) is 5.18. The lowest BCUT2D eigenvalue weighted by Gasteiger charge is -2.26. The summed E-state index contributed by atoms with van der Waals surface area (Å²) in [6.07, 6.45) is 3.97. The number of rotatable bonds is 7. The summed E-state index contributed by atoms with van der Waals surface area (Å²) < 4.78 is 5.97. The maximum atomic E-state index is 5.97. The van der Waals surface area contributed by atoms with Gasteiger partial charge in [0.1, 0.15) is 17.3 Å². The van der Waals surface area contributed by atoms with Gasteiger partial charge in [-0.1, -0.05) is 31.6 Å². The number of benzene rings is 1. The molecule has 0 amide bonds. The van der Waals surface area contributed by atoms with Gasteiger partial charge in [0.05, 0.1) is 5.56 Å². The molecule has 0 bridgehead atoms. The summed E-state index contributed by atoms with van der Waals surface area (Å²) in [5, 5.41) is 0. The lowest BCUT2D eigenvalue weighted by Crippen LogP contribution is -2.33. The first-order valence-corrected chi connectivity index (χ1v) is 9.02. The highest BCUT2D eigenvalue weighted by atomic mass is 32.2. The first-order valence-electron chi connectivity index (χ1n) is 7.63. The monoisotopic (exact) mass is 324 g/mol. The van der Waals surface area contributed by atoms with E-state index in [0.717, 1.165) is 28.5 Å². The summed E-state index contributed by atoms with van der Waals surface area (Å²) in [6.45, 7) is 6.17. The lowest BCUT2D eigenvalue weighted by molar-refractivity contribution is 0.183. The molecule has 1 fully saturated rings. The number of nitrogens with zero attached hydrogens (tertiary/aromatic N) is 1. The molecule has 0 aliphatic carbocycles. The van der Waals surface area contributed by atoms with Crippen molar-refractivity contribution in [2.24, 2.45) is 5.73 Å². The van der Waals surface area contributed by atoms with Crippen LogP contribution in [0, 0.1) is 0 Å². The molecule has 5 heteroatoms. The van der Waals surface area contributed by atoms with Crippen molar-refractivity contribution in [1.82, 2.24) is 4.90 Å². The number of thiocarbonyl (C=S) groups is 1. The number of hydrogen-bond donors (Lipinski definition) is 1. The molecule has 3 nitrogen and oxygen atoms in total. The molecule has 1 aromatic rings. The highest BCUT2D eigenvalue weighted by Gasteiger charge is 2.14. The minimum absolute atomic E-state index is 0.416. The van der Waals surface area contributed by atoms with Gasteiger partial charge in [-0.05, 0) is 43.8 Å². The van der Waals surface area contributed by atoms with Crippen LogP contribution in [0.25, 0.3) is 0 Å². The Hall–Kier alpha value is -0.780. The second-order valence-corrected chi connectivity index (χ2v) is 6.92. The molecule has 0 saturated carbocycles. The zero-order valence-corrected chi connectivity index (χ0v) is 14.3. The maximum absolute atomic E-state index is 5.97. The average Bonchev–Trinajstić information content (AvgIpc) is 2.48. The molecule has 2 N–H and O–H groups in total.